The number of benzene rings is 1. The number of ether oxygens (including phenoxy) is 1. The van der Waals surface area contributed by atoms with Crippen molar-refractivity contribution in [1.82, 2.24) is 10.1 Å². The summed E-state index contributed by atoms with van der Waals surface area (Å²) in [6.45, 7) is 0.260. The molecular weight excluding hydrogens is 287 g/mol. The summed E-state index contributed by atoms with van der Waals surface area (Å²) in [7, 11) is 0. The molecule has 1 aromatic heterocycles. The molecule has 0 aliphatic heterocycles. The summed E-state index contributed by atoms with van der Waals surface area (Å²) in [4.78, 5) is 4.29. The van der Waals surface area contributed by atoms with E-state index in [1.54, 1.807) is 12.1 Å². The third kappa shape index (κ3) is 3.62. The van der Waals surface area contributed by atoms with Gasteiger partial charge < -0.3 is 20.3 Å². The van der Waals surface area contributed by atoms with Crippen molar-refractivity contribution >= 4 is 5.95 Å². The molecule has 6 nitrogen and oxygen atoms in total. The zero-order valence-electron chi connectivity index (χ0n) is 12.0. The summed E-state index contributed by atoms with van der Waals surface area (Å²) in [6.07, 6.45) is 2.77. The van der Waals surface area contributed by atoms with Gasteiger partial charge in [0.2, 0.25) is 0 Å². The largest absolute Gasteiger partial charge is 0.489 e. The van der Waals surface area contributed by atoms with Crippen molar-refractivity contribution in [1.29, 1.82) is 0 Å². The van der Waals surface area contributed by atoms with Gasteiger partial charge in [-0.3, -0.25) is 0 Å². The SMILES string of the molecule is NC/C(=C\F)COc1ccc(-c2nc(NC3CC3)no2)cc1. The zero-order chi connectivity index (χ0) is 15.4. The highest BCUT2D eigenvalue weighted by molar-refractivity contribution is 5.55. The fourth-order valence-electron chi connectivity index (χ4n) is 1.81. The van der Waals surface area contributed by atoms with Crippen molar-refractivity contribution in [3.05, 3.63) is 36.2 Å². The van der Waals surface area contributed by atoms with Gasteiger partial charge in [-0.1, -0.05) is 0 Å². The van der Waals surface area contributed by atoms with Crippen LogP contribution in [0.2, 0.25) is 0 Å². The standard InChI is InChI=1S/C15H17FN4O2/c16-7-10(8-17)9-21-13-5-1-11(2-6-13)14-19-15(20-22-14)18-12-3-4-12/h1-2,5-7,12H,3-4,8-9,17H2,(H,18,20)/b10-7+. The Labute approximate surface area is 127 Å². The van der Waals surface area contributed by atoms with Gasteiger partial charge in [-0.25, -0.2) is 4.39 Å². The number of nitrogens with two attached hydrogens (primary N) is 1. The number of nitrogens with one attached hydrogen (secondary N) is 1. The minimum Gasteiger partial charge on any atom is -0.489 e. The van der Waals surface area contributed by atoms with E-state index in [2.05, 4.69) is 15.5 Å². The van der Waals surface area contributed by atoms with Crippen LogP contribution in [0.3, 0.4) is 0 Å². The van der Waals surface area contributed by atoms with Gasteiger partial charge in [0.05, 0.1) is 6.33 Å². The molecule has 3 rings (SSSR count). The van der Waals surface area contributed by atoms with Crippen LogP contribution in [-0.4, -0.2) is 29.3 Å². The lowest BCUT2D eigenvalue weighted by molar-refractivity contribution is 0.347. The number of hydrogen-bond acceptors (Lipinski definition) is 6. The third-order valence-corrected chi connectivity index (χ3v) is 3.28. The van der Waals surface area contributed by atoms with Gasteiger partial charge in [0.1, 0.15) is 12.4 Å². The molecule has 3 N–H and O–H groups in total. The van der Waals surface area contributed by atoms with Gasteiger partial charge in [-0.05, 0) is 42.3 Å². The average Bonchev–Trinajstić information content (AvgIpc) is 3.24. The molecule has 1 aliphatic rings. The summed E-state index contributed by atoms with van der Waals surface area (Å²) in [6, 6.07) is 7.62. The van der Waals surface area contributed by atoms with Gasteiger partial charge in [0.25, 0.3) is 11.8 Å². The van der Waals surface area contributed by atoms with Crippen LogP contribution in [0.4, 0.5) is 10.3 Å². The predicted octanol–water partition coefficient (Wildman–Crippen LogP) is 2.50. The van der Waals surface area contributed by atoms with E-state index < -0.39 is 0 Å². The van der Waals surface area contributed by atoms with Crippen LogP contribution in [0.25, 0.3) is 11.5 Å². The van der Waals surface area contributed by atoms with Crippen LogP contribution in [0.1, 0.15) is 12.8 Å². The molecule has 1 heterocycles. The molecule has 0 saturated heterocycles. The normalized spacial score (nSPS) is 14.9. The molecule has 7 heteroatoms. The molecule has 2 aromatic rings. The molecule has 116 valence electrons. The van der Waals surface area contributed by atoms with E-state index >= 15 is 0 Å². The Morgan fingerprint density at radius 3 is 2.82 bits per heavy atom. The lowest BCUT2D eigenvalue weighted by Gasteiger charge is -2.07. The second-order valence-electron chi connectivity index (χ2n) is 5.13. The Hall–Kier alpha value is -2.41. The highest BCUT2D eigenvalue weighted by atomic mass is 19.1. The summed E-state index contributed by atoms with van der Waals surface area (Å²) in [5.74, 6) is 1.58. The average molecular weight is 304 g/mol. The first-order chi connectivity index (χ1) is 10.8. The van der Waals surface area contributed by atoms with Crippen LogP contribution >= 0.6 is 0 Å². The van der Waals surface area contributed by atoms with Gasteiger partial charge in [-0.15, -0.1) is 0 Å². The molecule has 1 aliphatic carbocycles. The van der Waals surface area contributed by atoms with Gasteiger partial charge >= 0.3 is 0 Å². The van der Waals surface area contributed by atoms with E-state index in [-0.39, 0.29) is 13.2 Å². The van der Waals surface area contributed by atoms with Crippen molar-refractivity contribution in [3.8, 4) is 17.2 Å². The molecule has 1 saturated carbocycles. The van der Waals surface area contributed by atoms with Gasteiger partial charge in [-0.2, -0.15) is 4.98 Å². The molecule has 0 bridgehead atoms. The maximum atomic E-state index is 12.4. The smallest absolute Gasteiger partial charge is 0.263 e. The van der Waals surface area contributed by atoms with E-state index in [9.17, 15) is 4.39 Å². The number of aromatic nitrogens is 2. The molecule has 0 radical (unpaired) electrons. The molecular formula is C15H17FN4O2. The topological polar surface area (TPSA) is 86.2 Å². The number of anilines is 1. The molecule has 0 spiro atoms. The van der Waals surface area contributed by atoms with Crippen molar-refractivity contribution in [2.75, 3.05) is 18.5 Å². The van der Waals surface area contributed by atoms with E-state index in [0.29, 0.717) is 35.5 Å². The Morgan fingerprint density at radius 2 is 2.18 bits per heavy atom. The quantitative estimate of drug-likeness (QED) is 0.817. The summed E-state index contributed by atoms with van der Waals surface area (Å²) < 4.78 is 23.0. The molecule has 0 atom stereocenters. The molecule has 1 fully saturated rings. The van der Waals surface area contributed by atoms with E-state index in [0.717, 1.165) is 18.4 Å². The Balaban J connectivity index is 1.61. The fraction of sp³-hybridized carbons (Fsp3) is 0.333. The predicted molar refractivity (Wildman–Crippen MR) is 80.1 cm³/mol. The minimum atomic E-state index is 0.127. The Bertz CT molecular complexity index is 650. The van der Waals surface area contributed by atoms with Crippen LogP contribution in [0, 0.1) is 0 Å². The summed E-state index contributed by atoms with van der Waals surface area (Å²) in [5.41, 5.74) is 6.56. The zero-order valence-corrected chi connectivity index (χ0v) is 12.0. The van der Waals surface area contributed by atoms with Crippen LogP contribution in [0.15, 0.2) is 40.7 Å². The number of hydrogen-bond donors (Lipinski definition) is 2. The Morgan fingerprint density at radius 1 is 1.41 bits per heavy atom. The van der Waals surface area contributed by atoms with Crippen molar-refractivity contribution in [2.24, 2.45) is 5.73 Å². The number of rotatable bonds is 7. The van der Waals surface area contributed by atoms with Crippen LogP contribution in [-0.2, 0) is 0 Å². The van der Waals surface area contributed by atoms with Gasteiger partial charge in [0, 0.05) is 23.7 Å². The van der Waals surface area contributed by atoms with E-state index in [4.69, 9.17) is 15.0 Å². The molecule has 1 aromatic carbocycles. The Kier molecular flexibility index (Phi) is 4.34. The highest BCUT2D eigenvalue weighted by Gasteiger charge is 2.23. The van der Waals surface area contributed by atoms with Crippen molar-refractivity contribution < 1.29 is 13.7 Å². The van der Waals surface area contributed by atoms with Gasteiger partial charge in [0.15, 0.2) is 0 Å². The first kappa shape index (κ1) is 14.5. The van der Waals surface area contributed by atoms with Crippen molar-refractivity contribution in [3.63, 3.8) is 0 Å². The second kappa shape index (κ2) is 6.57. The number of nitrogens with zero attached hydrogens (tertiary/aromatic N) is 2. The molecule has 0 amide bonds. The lowest BCUT2D eigenvalue weighted by atomic mass is 10.2. The second-order valence-corrected chi connectivity index (χ2v) is 5.13. The minimum absolute atomic E-state index is 0.127. The first-order valence-corrected chi connectivity index (χ1v) is 7.10. The molecule has 0 unspecified atom stereocenters. The maximum Gasteiger partial charge on any atom is 0.263 e. The first-order valence-electron chi connectivity index (χ1n) is 7.10. The van der Waals surface area contributed by atoms with E-state index in [1.807, 2.05) is 12.1 Å². The van der Waals surface area contributed by atoms with Crippen LogP contribution in [0.5, 0.6) is 5.75 Å². The fourth-order valence-corrected chi connectivity index (χ4v) is 1.81. The lowest BCUT2D eigenvalue weighted by Crippen LogP contribution is -2.10. The monoisotopic (exact) mass is 304 g/mol. The highest BCUT2D eigenvalue weighted by Crippen LogP contribution is 2.26. The third-order valence-electron chi connectivity index (χ3n) is 3.28. The molecule has 22 heavy (non-hydrogen) atoms. The summed E-state index contributed by atoms with van der Waals surface area (Å²) in [5, 5.41) is 7.05. The van der Waals surface area contributed by atoms with E-state index in [1.165, 1.54) is 0 Å². The van der Waals surface area contributed by atoms with Crippen LogP contribution < -0.4 is 15.8 Å². The number of halogens is 1. The maximum absolute atomic E-state index is 12.4. The van der Waals surface area contributed by atoms with Crippen molar-refractivity contribution in [2.45, 2.75) is 18.9 Å². The summed E-state index contributed by atoms with van der Waals surface area (Å²) >= 11 is 0.